The second-order valence-electron chi connectivity index (χ2n) is 8.96. The number of aliphatic hydroxyl groups is 1. The second kappa shape index (κ2) is 10.7. The number of aliphatic hydroxyl groups excluding tert-OH is 1. The zero-order valence-corrected chi connectivity index (χ0v) is 20.0. The third-order valence-electron chi connectivity index (χ3n) is 6.72. The standard InChI is InChI=1S/C32H29NO3/c34-30-21-22-31(35)33(23-25-13-5-1-6-14-25)29(30)24-36-32(26-15-7-2-8-16-26,27-17-9-3-10-18-27)28-19-11-4-12-20-28/h1-22,29-30,34H,23-24H2/t29-,30+/m0/s1. The molecule has 180 valence electrons. The van der Waals surface area contributed by atoms with Crippen molar-refractivity contribution in [2.45, 2.75) is 24.3 Å². The van der Waals surface area contributed by atoms with Gasteiger partial charge in [-0.3, -0.25) is 4.79 Å². The number of nitrogens with zero attached hydrogens (tertiary/aromatic N) is 1. The Bertz CT molecular complexity index is 1190. The molecule has 36 heavy (non-hydrogen) atoms. The van der Waals surface area contributed by atoms with Crippen LogP contribution < -0.4 is 0 Å². The fraction of sp³-hybridized carbons (Fsp3) is 0.156. The van der Waals surface area contributed by atoms with Crippen molar-refractivity contribution in [2.75, 3.05) is 6.61 Å². The lowest BCUT2D eigenvalue weighted by Crippen LogP contribution is -2.52. The Morgan fingerprint density at radius 1 is 0.694 bits per heavy atom. The van der Waals surface area contributed by atoms with Gasteiger partial charge in [0.15, 0.2) is 0 Å². The van der Waals surface area contributed by atoms with Crippen LogP contribution in [0.15, 0.2) is 133 Å². The molecule has 1 heterocycles. The van der Waals surface area contributed by atoms with E-state index in [0.717, 1.165) is 22.3 Å². The van der Waals surface area contributed by atoms with Crippen LogP contribution in [0.1, 0.15) is 22.3 Å². The van der Waals surface area contributed by atoms with Gasteiger partial charge in [-0.25, -0.2) is 0 Å². The number of rotatable bonds is 8. The van der Waals surface area contributed by atoms with Gasteiger partial charge in [-0.2, -0.15) is 0 Å². The van der Waals surface area contributed by atoms with Gasteiger partial charge in [-0.1, -0.05) is 121 Å². The van der Waals surface area contributed by atoms with Crippen molar-refractivity contribution < 1.29 is 14.6 Å². The highest BCUT2D eigenvalue weighted by Gasteiger charge is 2.40. The zero-order chi connectivity index (χ0) is 24.8. The summed E-state index contributed by atoms with van der Waals surface area (Å²) in [5.74, 6) is -0.137. The average molecular weight is 476 g/mol. The molecule has 0 radical (unpaired) electrons. The SMILES string of the molecule is O=C1C=C[C@@H](O)[C@H](COC(c2ccccc2)(c2ccccc2)c2ccccc2)N1Cc1ccccc1. The Labute approximate surface area is 212 Å². The topological polar surface area (TPSA) is 49.8 Å². The Hall–Kier alpha value is -3.99. The highest BCUT2D eigenvalue weighted by molar-refractivity contribution is 5.89. The number of amides is 1. The van der Waals surface area contributed by atoms with Crippen molar-refractivity contribution in [2.24, 2.45) is 0 Å². The number of ether oxygens (including phenoxy) is 1. The van der Waals surface area contributed by atoms with E-state index in [-0.39, 0.29) is 12.5 Å². The molecule has 0 saturated heterocycles. The van der Waals surface area contributed by atoms with Gasteiger partial charge in [-0.05, 0) is 28.3 Å². The van der Waals surface area contributed by atoms with E-state index in [1.807, 2.05) is 84.9 Å². The number of benzene rings is 4. The van der Waals surface area contributed by atoms with Crippen LogP contribution in [0.4, 0.5) is 0 Å². The molecule has 0 spiro atoms. The van der Waals surface area contributed by atoms with Crippen LogP contribution in [0.5, 0.6) is 0 Å². The third-order valence-corrected chi connectivity index (χ3v) is 6.72. The van der Waals surface area contributed by atoms with Crippen LogP contribution in [-0.2, 0) is 21.7 Å². The van der Waals surface area contributed by atoms with E-state index in [0.29, 0.717) is 6.54 Å². The summed E-state index contributed by atoms with van der Waals surface area (Å²) < 4.78 is 6.93. The Morgan fingerprint density at radius 3 is 1.61 bits per heavy atom. The largest absolute Gasteiger partial charge is 0.387 e. The van der Waals surface area contributed by atoms with E-state index in [4.69, 9.17) is 4.74 Å². The number of hydrogen-bond acceptors (Lipinski definition) is 3. The molecule has 5 rings (SSSR count). The monoisotopic (exact) mass is 475 g/mol. The van der Waals surface area contributed by atoms with E-state index in [1.54, 1.807) is 11.0 Å². The van der Waals surface area contributed by atoms with E-state index >= 15 is 0 Å². The molecule has 0 bridgehead atoms. The lowest BCUT2D eigenvalue weighted by Gasteiger charge is -2.41. The van der Waals surface area contributed by atoms with Crippen LogP contribution in [0, 0.1) is 0 Å². The first-order valence-corrected chi connectivity index (χ1v) is 12.2. The third kappa shape index (κ3) is 4.74. The maximum absolute atomic E-state index is 13.0. The predicted octanol–water partition coefficient (Wildman–Crippen LogP) is 5.32. The lowest BCUT2D eigenvalue weighted by molar-refractivity contribution is -0.137. The number of carbonyl (C=O) groups is 1. The zero-order valence-electron chi connectivity index (χ0n) is 20.0. The Kier molecular flexibility index (Phi) is 7.08. The molecule has 0 aromatic heterocycles. The molecular weight excluding hydrogens is 446 g/mol. The van der Waals surface area contributed by atoms with Crippen LogP contribution in [0.2, 0.25) is 0 Å². The minimum absolute atomic E-state index is 0.137. The molecule has 4 nitrogen and oxygen atoms in total. The fourth-order valence-corrected chi connectivity index (χ4v) is 4.90. The molecule has 4 aromatic rings. The number of hydrogen-bond donors (Lipinski definition) is 1. The second-order valence-corrected chi connectivity index (χ2v) is 8.96. The van der Waals surface area contributed by atoms with Gasteiger partial charge in [0.2, 0.25) is 5.91 Å². The van der Waals surface area contributed by atoms with Gasteiger partial charge >= 0.3 is 0 Å². The molecule has 1 N–H and O–H groups in total. The summed E-state index contributed by atoms with van der Waals surface area (Å²) >= 11 is 0. The van der Waals surface area contributed by atoms with Crippen molar-refractivity contribution in [3.05, 3.63) is 156 Å². The van der Waals surface area contributed by atoms with Crippen molar-refractivity contribution in [1.82, 2.24) is 4.90 Å². The van der Waals surface area contributed by atoms with Crippen LogP contribution in [0.25, 0.3) is 0 Å². The molecule has 0 saturated carbocycles. The summed E-state index contributed by atoms with van der Waals surface area (Å²) in [6.45, 7) is 0.535. The molecule has 0 aliphatic carbocycles. The van der Waals surface area contributed by atoms with Gasteiger partial charge in [0.25, 0.3) is 0 Å². The molecular formula is C32H29NO3. The first kappa shape index (κ1) is 23.7. The molecule has 1 amide bonds. The highest BCUT2D eigenvalue weighted by Crippen LogP contribution is 2.41. The van der Waals surface area contributed by atoms with Gasteiger partial charge in [0, 0.05) is 12.6 Å². The summed E-state index contributed by atoms with van der Waals surface area (Å²) in [6.07, 6.45) is 2.17. The molecule has 4 aromatic carbocycles. The fourth-order valence-electron chi connectivity index (χ4n) is 4.90. The molecule has 1 aliphatic rings. The smallest absolute Gasteiger partial charge is 0.247 e. The van der Waals surface area contributed by atoms with Crippen molar-refractivity contribution in [1.29, 1.82) is 0 Å². The first-order valence-electron chi connectivity index (χ1n) is 12.2. The van der Waals surface area contributed by atoms with E-state index in [2.05, 4.69) is 36.4 Å². The maximum atomic E-state index is 13.0. The van der Waals surface area contributed by atoms with Crippen LogP contribution in [-0.4, -0.2) is 34.7 Å². The van der Waals surface area contributed by atoms with E-state index in [1.165, 1.54) is 6.08 Å². The van der Waals surface area contributed by atoms with E-state index < -0.39 is 17.7 Å². The van der Waals surface area contributed by atoms with Gasteiger partial charge in [-0.15, -0.1) is 0 Å². The van der Waals surface area contributed by atoms with Gasteiger partial charge < -0.3 is 14.7 Å². The molecule has 2 atom stereocenters. The first-order chi connectivity index (χ1) is 17.7. The quantitative estimate of drug-likeness (QED) is 0.351. The van der Waals surface area contributed by atoms with E-state index in [9.17, 15) is 9.90 Å². The Morgan fingerprint density at radius 2 is 1.14 bits per heavy atom. The predicted molar refractivity (Wildman–Crippen MR) is 141 cm³/mol. The Balaban J connectivity index is 1.56. The van der Waals surface area contributed by atoms with Gasteiger partial charge in [0.05, 0.1) is 18.8 Å². The van der Waals surface area contributed by atoms with Crippen LogP contribution in [0.3, 0.4) is 0 Å². The molecule has 0 fully saturated rings. The van der Waals surface area contributed by atoms with Crippen molar-refractivity contribution in [3.8, 4) is 0 Å². The summed E-state index contributed by atoms with van der Waals surface area (Å²) in [5.41, 5.74) is 3.00. The minimum Gasteiger partial charge on any atom is -0.387 e. The normalized spacial score (nSPS) is 17.8. The molecule has 4 heteroatoms. The van der Waals surface area contributed by atoms with Crippen molar-refractivity contribution >= 4 is 5.91 Å². The summed E-state index contributed by atoms with van der Waals surface area (Å²) in [4.78, 5) is 14.7. The average Bonchev–Trinajstić information content (AvgIpc) is 2.94. The highest BCUT2D eigenvalue weighted by atomic mass is 16.5. The minimum atomic E-state index is -0.924. The van der Waals surface area contributed by atoms with Gasteiger partial charge in [0.1, 0.15) is 5.60 Å². The lowest BCUT2D eigenvalue weighted by atomic mass is 9.80. The van der Waals surface area contributed by atoms with Crippen molar-refractivity contribution in [3.63, 3.8) is 0 Å². The maximum Gasteiger partial charge on any atom is 0.247 e. The molecule has 0 unspecified atom stereocenters. The summed E-state index contributed by atoms with van der Waals surface area (Å²) in [7, 11) is 0. The summed E-state index contributed by atoms with van der Waals surface area (Å²) in [6, 6.07) is 39.6. The number of carbonyl (C=O) groups excluding carboxylic acids is 1. The van der Waals surface area contributed by atoms with Crippen LogP contribution >= 0.6 is 0 Å². The molecule has 1 aliphatic heterocycles. The summed E-state index contributed by atoms with van der Waals surface area (Å²) in [5, 5.41) is 11.0.